The Morgan fingerprint density at radius 3 is 2.56 bits per heavy atom. The highest BCUT2D eigenvalue weighted by atomic mass is 16.5. The number of aliphatic carboxylic acids is 1. The molecule has 0 spiro atoms. The molecule has 0 amide bonds. The first-order valence-electron chi connectivity index (χ1n) is 8.06. The molecular weight excluding hydrogens is 320 g/mol. The zero-order valence-electron chi connectivity index (χ0n) is 13.7. The molecule has 2 aromatic rings. The minimum absolute atomic E-state index is 0.0199. The largest absolute Gasteiger partial charge is 0.479 e. The predicted octanol–water partition coefficient (Wildman–Crippen LogP) is 1.43. The Morgan fingerprint density at radius 1 is 1.12 bits per heavy atom. The molecule has 0 saturated heterocycles. The molecule has 1 unspecified atom stereocenters. The Morgan fingerprint density at radius 2 is 1.84 bits per heavy atom. The zero-order valence-corrected chi connectivity index (χ0v) is 13.7. The van der Waals surface area contributed by atoms with Gasteiger partial charge in [-0.05, 0) is 47.2 Å². The third kappa shape index (κ3) is 3.01. The summed E-state index contributed by atoms with van der Waals surface area (Å²) in [6, 6.07) is 13.9. The minimum atomic E-state index is -2.12. The quantitative estimate of drug-likeness (QED) is 0.462. The van der Waals surface area contributed by atoms with Gasteiger partial charge in [-0.15, -0.1) is 0 Å². The van der Waals surface area contributed by atoms with Crippen LogP contribution in [0.2, 0.25) is 0 Å². The van der Waals surface area contributed by atoms with Crippen LogP contribution in [0.1, 0.15) is 23.1 Å². The standard InChI is InChI=1S/C19H20N2O4/c20-9-8-19(21,17(22)23)18(24)25-11-13-5-3-7-15-14-6-2-1-4-12(14)10-16(13)15/h1-7H,8-11,20-21H2,(H,22,23). The van der Waals surface area contributed by atoms with Crippen molar-refractivity contribution in [1.29, 1.82) is 0 Å². The van der Waals surface area contributed by atoms with Crippen molar-refractivity contribution >= 4 is 11.9 Å². The van der Waals surface area contributed by atoms with Gasteiger partial charge < -0.3 is 21.3 Å². The van der Waals surface area contributed by atoms with E-state index in [0.29, 0.717) is 0 Å². The van der Waals surface area contributed by atoms with Crippen molar-refractivity contribution in [3.63, 3.8) is 0 Å². The number of nitrogens with two attached hydrogens (primary N) is 2. The third-order valence-corrected chi connectivity index (χ3v) is 4.59. The van der Waals surface area contributed by atoms with Gasteiger partial charge in [0, 0.05) is 0 Å². The summed E-state index contributed by atoms with van der Waals surface area (Å²) in [6.07, 6.45) is 0.578. The molecule has 6 heteroatoms. The summed E-state index contributed by atoms with van der Waals surface area (Å²) in [5, 5.41) is 9.22. The monoisotopic (exact) mass is 340 g/mol. The Balaban J connectivity index is 1.80. The molecule has 0 bridgehead atoms. The number of carboxylic acids is 1. The van der Waals surface area contributed by atoms with Crippen molar-refractivity contribution < 1.29 is 19.4 Å². The van der Waals surface area contributed by atoms with Crippen molar-refractivity contribution in [1.82, 2.24) is 0 Å². The van der Waals surface area contributed by atoms with Gasteiger partial charge in [0.15, 0.2) is 0 Å². The fraction of sp³-hybridized carbons (Fsp3) is 0.263. The molecule has 2 aromatic carbocycles. The van der Waals surface area contributed by atoms with Crippen molar-refractivity contribution in [3.8, 4) is 11.1 Å². The summed E-state index contributed by atoms with van der Waals surface area (Å²) in [4.78, 5) is 23.5. The number of ether oxygens (including phenoxy) is 1. The molecule has 1 aliphatic rings. The van der Waals surface area contributed by atoms with E-state index in [9.17, 15) is 14.7 Å². The number of carboxylic acid groups (broad SMARTS) is 1. The average molecular weight is 340 g/mol. The maximum absolute atomic E-state index is 12.2. The smallest absolute Gasteiger partial charge is 0.338 e. The van der Waals surface area contributed by atoms with Gasteiger partial charge >= 0.3 is 11.9 Å². The predicted molar refractivity (Wildman–Crippen MR) is 92.7 cm³/mol. The van der Waals surface area contributed by atoms with E-state index in [1.165, 1.54) is 11.1 Å². The van der Waals surface area contributed by atoms with Gasteiger partial charge in [0.2, 0.25) is 5.54 Å². The van der Waals surface area contributed by atoms with Crippen molar-refractivity contribution in [3.05, 3.63) is 59.2 Å². The summed E-state index contributed by atoms with van der Waals surface area (Å²) >= 11 is 0. The van der Waals surface area contributed by atoms with Crippen LogP contribution in [-0.2, 0) is 27.4 Å². The lowest BCUT2D eigenvalue weighted by molar-refractivity contribution is -0.162. The van der Waals surface area contributed by atoms with Crippen LogP contribution < -0.4 is 11.5 Å². The fourth-order valence-corrected chi connectivity index (χ4v) is 3.15. The first-order valence-corrected chi connectivity index (χ1v) is 8.06. The van der Waals surface area contributed by atoms with Crippen LogP contribution >= 0.6 is 0 Å². The van der Waals surface area contributed by atoms with Gasteiger partial charge in [0.1, 0.15) is 6.61 Å². The molecule has 130 valence electrons. The van der Waals surface area contributed by atoms with Gasteiger partial charge in [-0.2, -0.15) is 0 Å². The van der Waals surface area contributed by atoms with E-state index in [2.05, 4.69) is 12.1 Å². The van der Waals surface area contributed by atoms with Crippen LogP contribution in [0, 0.1) is 0 Å². The number of esters is 1. The molecule has 0 radical (unpaired) electrons. The number of hydrogen-bond acceptors (Lipinski definition) is 5. The molecule has 0 aromatic heterocycles. The van der Waals surface area contributed by atoms with Crippen LogP contribution in [0.5, 0.6) is 0 Å². The fourth-order valence-electron chi connectivity index (χ4n) is 3.15. The van der Waals surface area contributed by atoms with Crippen LogP contribution in [-0.4, -0.2) is 29.1 Å². The average Bonchev–Trinajstić information content (AvgIpc) is 2.99. The van der Waals surface area contributed by atoms with E-state index >= 15 is 0 Å². The number of hydrogen-bond donors (Lipinski definition) is 3. The van der Waals surface area contributed by atoms with E-state index in [1.54, 1.807) is 0 Å². The molecule has 3 rings (SSSR count). The first kappa shape index (κ1) is 17.1. The lowest BCUT2D eigenvalue weighted by Gasteiger charge is -2.22. The van der Waals surface area contributed by atoms with Gasteiger partial charge in [-0.3, -0.25) is 0 Å². The molecule has 0 heterocycles. The Labute approximate surface area is 145 Å². The lowest BCUT2D eigenvalue weighted by atomic mass is 9.97. The topological polar surface area (TPSA) is 116 Å². The number of carbonyl (C=O) groups is 2. The highest BCUT2D eigenvalue weighted by molar-refractivity contribution is 6.03. The minimum Gasteiger partial charge on any atom is -0.479 e. The van der Waals surface area contributed by atoms with Crippen LogP contribution in [0.15, 0.2) is 42.5 Å². The van der Waals surface area contributed by atoms with Gasteiger partial charge in [-0.25, -0.2) is 9.59 Å². The van der Waals surface area contributed by atoms with Crippen LogP contribution in [0.4, 0.5) is 0 Å². The molecular formula is C19H20N2O4. The van der Waals surface area contributed by atoms with E-state index in [-0.39, 0.29) is 19.6 Å². The number of rotatable bonds is 6. The zero-order chi connectivity index (χ0) is 18.0. The van der Waals surface area contributed by atoms with Gasteiger partial charge in [0.05, 0.1) is 0 Å². The second kappa shape index (κ2) is 6.66. The molecule has 5 N–H and O–H groups in total. The SMILES string of the molecule is NCCC(N)(C(=O)O)C(=O)OCc1cccc2c1Cc1ccccc1-2. The molecule has 1 aliphatic carbocycles. The van der Waals surface area contributed by atoms with E-state index in [4.69, 9.17) is 16.2 Å². The van der Waals surface area contributed by atoms with Gasteiger partial charge in [0.25, 0.3) is 0 Å². The van der Waals surface area contributed by atoms with Crippen LogP contribution in [0.25, 0.3) is 11.1 Å². The second-order valence-corrected chi connectivity index (χ2v) is 6.17. The van der Waals surface area contributed by atoms with Crippen molar-refractivity contribution in [2.45, 2.75) is 25.0 Å². The maximum Gasteiger partial charge on any atom is 0.338 e. The summed E-state index contributed by atoms with van der Waals surface area (Å²) in [5.41, 5.74) is 14.4. The summed E-state index contributed by atoms with van der Waals surface area (Å²) in [6.45, 7) is -0.0409. The Hall–Kier alpha value is -2.70. The molecule has 0 fully saturated rings. The maximum atomic E-state index is 12.2. The molecule has 1 atom stereocenters. The normalized spacial score (nSPS) is 14.3. The van der Waals surface area contributed by atoms with E-state index in [1.807, 2.05) is 30.3 Å². The molecule has 6 nitrogen and oxygen atoms in total. The summed E-state index contributed by atoms with van der Waals surface area (Å²) in [7, 11) is 0. The Kier molecular flexibility index (Phi) is 4.57. The lowest BCUT2D eigenvalue weighted by Crippen LogP contribution is -2.56. The van der Waals surface area contributed by atoms with E-state index < -0.39 is 17.5 Å². The van der Waals surface area contributed by atoms with Crippen molar-refractivity contribution in [2.75, 3.05) is 6.54 Å². The Bertz CT molecular complexity index is 834. The highest BCUT2D eigenvalue weighted by Crippen LogP contribution is 2.38. The molecule has 0 aliphatic heterocycles. The van der Waals surface area contributed by atoms with Gasteiger partial charge in [-0.1, -0.05) is 42.5 Å². The number of carbonyl (C=O) groups excluding carboxylic acids is 1. The first-order chi connectivity index (χ1) is 12.0. The summed E-state index contributed by atoms with van der Waals surface area (Å²) in [5.74, 6) is -2.41. The van der Waals surface area contributed by atoms with E-state index in [0.717, 1.165) is 23.1 Å². The highest BCUT2D eigenvalue weighted by Gasteiger charge is 2.43. The molecule has 25 heavy (non-hydrogen) atoms. The molecule has 0 saturated carbocycles. The van der Waals surface area contributed by atoms with Crippen molar-refractivity contribution in [2.24, 2.45) is 11.5 Å². The third-order valence-electron chi connectivity index (χ3n) is 4.59. The van der Waals surface area contributed by atoms with Crippen LogP contribution in [0.3, 0.4) is 0 Å². The number of benzene rings is 2. The second-order valence-electron chi connectivity index (χ2n) is 6.17. The summed E-state index contributed by atoms with van der Waals surface area (Å²) < 4.78 is 5.23. The number of fused-ring (bicyclic) bond motifs is 3.